The summed E-state index contributed by atoms with van der Waals surface area (Å²) < 4.78 is 32.4. The van der Waals surface area contributed by atoms with E-state index in [9.17, 15) is 23.2 Å². The summed E-state index contributed by atoms with van der Waals surface area (Å²) in [6.45, 7) is 0.361. The molecular weight excluding hydrogens is 492 g/mol. The molecule has 0 unspecified atom stereocenters. The molecule has 0 aliphatic carbocycles. The molecule has 2 heterocycles. The van der Waals surface area contributed by atoms with Crippen LogP contribution in [0.1, 0.15) is 33.6 Å². The lowest BCUT2D eigenvalue weighted by atomic mass is 9.95. The third-order valence-corrected chi connectivity index (χ3v) is 5.63. The number of likely N-dealkylation sites (tertiary alicyclic amines) is 1. The highest BCUT2D eigenvalue weighted by molar-refractivity contribution is 7.80. The van der Waals surface area contributed by atoms with Gasteiger partial charge in [0.2, 0.25) is 5.91 Å². The van der Waals surface area contributed by atoms with Crippen LogP contribution in [0.5, 0.6) is 0 Å². The lowest BCUT2D eigenvalue weighted by Crippen LogP contribution is -2.49. The second-order valence-electron chi connectivity index (χ2n) is 7.27. The number of halogens is 3. The van der Waals surface area contributed by atoms with Crippen LogP contribution >= 0.6 is 23.8 Å². The number of pyridine rings is 1. The molecule has 13 heteroatoms. The van der Waals surface area contributed by atoms with Gasteiger partial charge in [-0.05, 0) is 49.3 Å². The van der Waals surface area contributed by atoms with Crippen LogP contribution in [-0.2, 0) is 9.53 Å². The molecule has 2 aromatic rings. The van der Waals surface area contributed by atoms with Crippen LogP contribution in [0, 0.1) is 17.6 Å². The van der Waals surface area contributed by atoms with Crippen molar-refractivity contribution >= 4 is 52.5 Å². The van der Waals surface area contributed by atoms with Crippen LogP contribution in [0.25, 0.3) is 0 Å². The number of carbonyl (C=O) groups is 3. The van der Waals surface area contributed by atoms with Gasteiger partial charge in [0.05, 0.1) is 17.7 Å². The van der Waals surface area contributed by atoms with Crippen molar-refractivity contribution in [3.05, 3.63) is 58.2 Å². The first kappa shape index (κ1) is 25.2. The minimum absolute atomic E-state index is 0.00921. The number of piperidine rings is 1. The zero-order valence-corrected chi connectivity index (χ0v) is 19.4. The van der Waals surface area contributed by atoms with Gasteiger partial charge in [0.25, 0.3) is 5.91 Å². The first-order chi connectivity index (χ1) is 16.2. The number of aromatic nitrogens is 1. The SMILES string of the molecule is COC(=O)c1cccnc1NC(=S)NNC(=O)C1CCN(C(=O)c2cc(F)c(Cl)cc2F)CC1. The van der Waals surface area contributed by atoms with Gasteiger partial charge < -0.3 is 15.0 Å². The summed E-state index contributed by atoms with van der Waals surface area (Å²) >= 11 is 10.6. The van der Waals surface area contributed by atoms with E-state index in [1.54, 1.807) is 6.07 Å². The van der Waals surface area contributed by atoms with Crippen molar-refractivity contribution in [2.75, 3.05) is 25.5 Å². The van der Waals surface area contributed by atoms with Crippen molar-refractivity contribution in [1.29, 1.82) is 0 Å². The molecule has 1 aliphatic heterocycles. The van der Waals surface area contributed by atoms with Gasteiger partial charge in [-0.3, -0.25) is 20.4 Å². The number of carbonyl (C=O) groups excluding carboxylic acids is 3. The Morgan fingerprint density at radius 1 is 1.15 bits per heavy atom. The molecule has 1 aromatic carbocycles. The maximum atomic E-state index is 14.0. The number of hydrogen-bond acceptors (Lipinski definition) is 6. The molecule has 180 valence electrons. The van der Waals surface area contributed by atoms with Crippen LogP contribution in [0.3, 0.4) is 0 Å². The summed E-state index contributed by atoms with van der Waals surface area (Å²) in [7, 11) is 1.24. The Hall–Kier alpha value is -3.38. The molecule has 0 saturated carbocycles. The van der Waals surface area contributed by atoms with Crippen LogP contribution in [0.15, 0.2) is 30.5 Å². The van der Waals surface area contributed by atoms with Crippen molar-refractivity contribution < 1.29 is 27.9 Å². The fourth-order valence-corrected chi connectivity index (χ4v) is 3.64. The number of hydrogen-bond donors (Lipinski definition) is 3. The zero-order chi connectivity index (χ0) is 24.8. The predicted octanol–water partition coefficient (Wildman–Crippen LogP) is 2.67. The summed E-state index contributed by atoms with van der Waals surface area (Å²) in [6.07, 6.45) is 2.07. The van der Waals surface area contributed by atoms with Crippen molar-refractivity contribution in [1.82, 2.24) is 20.7 Å². The lowest BCUT2D eigenvalue weighted by molar-refractivity contribution is -0.126. The molecule has 9 nitrogen and oxygen atoms in total. The Bertz CT molecular complexity index is 1130. The van der Waals surface area contributed by atoms with Gasteiger partial charge in [0.15, 0.2) is 5.11 Å². The van der Waals surface area contributed by atoms with Crippen LogP contribution in [-0.4, -0.2) is 53.0 Å². The number of rotatable bonds is 4. The van der Waals surface area contributed by atoms with Gasteiger partial charge in [-0.2, -0.15) is 0 Å². The van der Waals surface area contributed by atoms with Gasteiger partial charge in [-0.15, -0.1) is 0 Å². The van der Waals surface area contributed by atoms with E-state index in [1.165, 1.54) is 24.3 Å². The van der Waals surface area contributed by atoms with E-state index in [1.807, 2.05) is 0 Å². The third kappa shape index (κ3) is 5.94. The number of hydrazine groups is 1. The van der Waals surface area contributed by atoms with Crippen molar-refractivity contribution in [3.63, 3.8) is 0 Å². The maximum Gasteiger partial charge on any atom is 0.341 e. The van der Waals surface area contributed by atoms with Gasteiger partial charge in [-0.1, -0.05) is 11.6 Å². The standard InChI is InChI=1S/C21H20ClF2N5O4S/c1-33-20(32)12-3-2-6-25-17(12)26-21(34)28-27-18(30)11-4-7-29(8-5-11)19(31)13-9-16(24)14(22)10-15(13)23/h2-3,6,9-11H,4-5,7-8H2,1H3,(H,27,30)(H2,25,26,28,34). The van der Waals surface area contributed by atoms with E-state index >= 15 is 0 Å². The Morgan fingerprint density at radius 2 is 1.85 bits per heavy atom. The van der Waals surface area contributed by atoms with Crippen molar-refractivity contribution in [2.45, 2.75) is 12.8 Å². The minimum atomic E-state index is -0.912. The van der Waals surface area contributed by atoms with Crippen molar-refractivity contribution in [2.24, 2.45) is 5.92 Å². The molecule has 0 atom stereocenters. The van der Waals surface area contributed by atoms with E-state index in [4.69, 9.17) is 23.8 Å². The smallest absolute Gasteiger partial charge is 0.341 e. The molecular formula is C21H20ClF2N5O4S. The highest BCUT2D eigenvalue weighted by Gasteiger charge is 2.29. The fourth-order valence-electron chi connectivity index (χ4n) is 3.34. The number of methoxy groups -OCH3 is 1. The Kier molecular flexibility index (Phi) is 8.29. The van der Waals surface area contributed by atoms with Crippen LogP contribution in [0.4, 0.5) is 14.6 Å². The average molecular weight is 512 g/mol. The topological polar surface area (TPSA) is 113 Å². The van der Waals surface area contributed by atoms with E-state index < -0.39 is 40.0 Å². The van der Waals surface area contributed by atoms with Gasteiger partial charge in [-0.25, -0.2) is 18.6 Å². The molecule has 1 fully saturated rings. The van der Waals surface area contributed by atoms with Gasteiger partial charge in [0, 0.05) is 25.2 Å². The molecule has 3 N–H and O–H groups in total. The molecule has 1 aliphatic rings. The van der Waals surface area contributed by atoms with E-state index in [2.05, 4.69) is 25.9 Å². The van der Waals surface area contributed by atoms with Crippen LogP contribution < -0.4 is 16.2 Å². The van der Waals surface area contributed by atoms with Crippen molar-refractivity contribution in [3.8, 4) is 0 Å². The Morgan fingerprint density at radius 3 is 2.53 bits per heavy atom. The Balaban J connectivity index is 1.50. The molecule has 0 spiro atoms. The summed E-state index contributed by atoms with van der Waals surface area (Å²) in [4.78, 5) is 42.2. The largest absolute Gasteiger partial charge is 0.465 e. The highest BCUT2D eigenvalue weighted by atomic mass is 35.5. The van der Waals surface area contributed by atoms with Gasteiger partial charge >= 0.3 is 5.97 Å². The molecule has 1 saturated heterocycles. The first-order valence-electron chi connectivity index (χ1n) is 10.0. The number of ether oxygens (including phenoxy) is 1. The number of benzene rings is 1. The average Bonchev–Trinajstić information content (AvgIpc) is 2.84. The summed E-state index contributed by atoms with van der Waals surface area (Å²) in [6, 6.07) is 4.59. The van der Waals surface area contributed by atoms with E-state index in [0.29, 0.717) is 12.8 Å². The number of thiocarbonyl (C=S) groups is 1. The normalized spacial score (nSPS) is 13.7. The fraction of sp³-hybridized carbons (Fsp3) is 0.286. The number of esters is 1. The molecule has 1 aromatic heterocycles. The Labute approximate surface area is 203 Å². The molecule has 0 bridgehead atoms. The second kappa shape index (κ2) is 11.2. The summed E-state index contributed by atoms with van der Waals surface area (Å²) in [5, 5.41) is 2.29. The predicted molar refractivity (Wildman–Crippen MR) is 123 cm³/mol. The monoisotopic (exact) mass is 511 g/mol. The maximum absolute atomic E-state index is 14.0. The number of amides is 2. The second-order valence-corrected chi connectivity index (χ2v) is 8.09. The zero-order valence-electron chi connectivity index (χ0n) is 17.9. The number of anilines is 1. The number of nitrogens with one attached hydrogen (secondary N) is 3. The first-order valence-corrected chi connectivity index (χ1v) is 10.8. The van der Waals surface area contributed by atoms with Crippen LogP contribution in [0.2, 0.25) is 5.02 Å². The lowest BCUT2D eigenvalue weighted by Gasteiger charge is -2.31. The molecule has 0 radical (unpaired) electrons. The quantitative estimate of drug-likeness (QED) is 0.248. The third-order valence-electron chi connectivity index (χ3n) is 5.14. The van der Waals surface area contributed by atoms with Gasteiger partial charge in [0.1, 0.15) is 23.0 Å². The molecule has 3 rings (SSSR count). The summed E-state index contributed by atoms with van der Waals surface area (Å²) in [5.41, 5.74) is 4.75. The number of nitrogens with zero attached hydrogens (tertiary/aromatic N) is 2. The van der Waals surface area contributed by atoms with E-state index in [-0.39, 0.29) is 35.5 Å². The highest BCUT2D eigenvalue weighted by Crippen LogP contribution is 2.23. The van der Waals surface area contributed by atoms with E-state index in [0.717, 1.165) is 12.1 Å². The molecule has 2 amide bonds. The molecule has 34 heavy (non-hydrogen) atoms. The minimum Gasteiger partial charge on any atom is -0.465 e. The summed E-state index contributed by atoms with van der Waals surface area (Å²) in [5.74, 6) is -3.73.